The van der Waals surface area contributed by atoms with E-state index < -0.39 is 20.2 Å². The summed E-state index contributed by atoms with van der Waals surface area (Å²) >= 11 is 1.71. The Hall–Kier alpha value is -2.39. The van der Waals surface area contributed by atoms with Gasteiger partial charge in [0.15, 0.2) is 0 Å². The van der Waals surface area contributed by atoms with Crippen LogP contribution in [0.1, 0.15) is 4.88 Å². The number of nitrogens with zero attached hydrogens (tertiary/aromatic N) is 3. The Balaban J connectivity index is 0.000000329. The topological polar surface area (TPSA) is 185 Å². The molecule has 0 fully saturated rings. The van der Waals surface area contributed by atoms with E-state index in [1.54, 1.807) is 23.6 Å². The minimum absolute atomic E-state index is 0.463. The van der Waals surface area contributed by atoms with Gasteiger partial charge in [0.2, 0.25) is 0 Å². The van der Waals surface area contributed by atoms with Crippen molar-refractivity contribution in [2.75, 3.05) is 23.6 Å². The van der Waals surface area contributed by atoms with Crippen molar-refractivity contribution in [3.63, 3.8) is 0 Å². The normalized spacial score (nSPS) is 11.0. The minimum Gasteiger partial charge on any atom is -0.384 e. The molecule has 0 amide bonds. The lowest BCUT2D eigenvalue weighted by atomic mass is 10.3. The highest BCUT2D eigenvalue weighted by Gasteiger charge is 2.04. The summed E-state index contributed by atoms with van der Waals surface area (Å²) in [5.74, 6) is 1.24. The van der Waals surface area contributed by atoms with Gasteiger partial charge in [-0.25, -0.2) is 15.0 Å². The number of thiophene rings is 1. The van der Waals surface area contributed by atoms with Gasteiger partial charge in [-0.1, -0.05) is 6.07 Å². The van der Waals surface area contributed by atoms with Crippen molar-refractivity contribution in [3.05, 3.63) is 41.0 Å². The summed E-state index contributed by atoms with van der Waals surface area (Å²) in [4.78, 5) is 13.7. The summed E-state index contributed by atoms with van der Waals surface area (Å²) in [6.45, 7) is 0.744. The van der Waals surface area contributed by atoms with E-state index in [0.717, 1.165) is 23.3 Å². The Morgan fingerprint density at radius 2 is 1.71 bits per heavy atom. The van der Waals surface area contributed by atoms with E-state index in [-0.39, 0.29) is 0 Å². The number of pyridine rings is 1. The molecule has 5 N–H and O–H groups in total. The van der Waals surface area contributed by atoms with Gasteiger partial charge in [0.25, 0.3) is 20.2 Å². The first kappa shape index (κ1) is 23.6. The second kappa shape index (κ2) is 10.2. The van der Waals surface area contributed by atoms with Crippen LogP contribution in [0.25, 0.3) is 10.9 Å². The highest BCUT2D eigenvalue weighted by Crippen LogP contribution is 2.20. The van der Waals surface area contributed by atoms with Crippen LogP contribution in [0.4, 0.5) is 11.6 Å². The molecule has 0 aliphatic heterocycles. The molecule has 0 aromatic carbocycles. The maximum atomic E-state index is 9.19. The van der Waals surface area contributed by atoms with Crippen molar-refractivity contribution in [2.45, 2.75) is 6.54 Å². The molecule has 0 spiro atoms. The third-order valence-electron chi connectivity index (χ3n) is 2.55. The average Bonchev–Trinajstić information content (AvgIpc) is 3.02. The Morgan fingerprint density at radius 1 is 1.11 bits per heavy atom. The van der Waals surface area contributed by atoms with E-state index in [4.69, 9.17) is 14.8 Å². The first-order valence-corrected chi connectivity index (χ1v) is 11.9. The van der Waals surface area contributed by atoms with Gasteiger partial charge in [-0.15, -0.1) is 11.3 Å². The predicted octanol–water partition coefficient (Wildman–Crippen LogP) is 1.29. The second-order valence-electron chi connectivity index (χ2n) is 5.25. The van der Waals surface area contributed by atoms with E-state index in [0.29, 0.717) is 18.3 Å². The Labute approximate surface area is 166 Å². The van der Waals surface area contributed by atoms with Crippen molar-refractivity contribution in [1.29, 1.82) is 0 Å². The quantitative estimate of drug-likeness (QED) is 0.422. The van der Waals surface area contributed by atoms with Gasteiger partial charge in [-0.05, 0) is 11.4 Å². The molecule has 0 aliphatic carbocycles. The second-order valence-corrected chi connectivity index (χ2v) is 9.21. The van der Waals surface area contributed by atoms with E-state index in [2.05, 4.69) is 31.7 Å². The SMILES string of the molecule is CS(=O)(=O)O.CS(=O)(=O)O.Nc1cc2ncnc(NCc3cccs3)c2cn1. The smallest absolute Gasteiger partial charge is 0.261 e. The Kier molecular flexibility index (Phi) is 8.64. The maximum Gasteiger partial charge on any atom is 0.261 e. The molecule has 14 heteroatoms. The summed E-state index contributed by atoms with van der Waals surface area (Å²) in [7, 11) is -7.33. The van der Waals surface area contributed by atoms with Gasteiger partial charge in [0, 0.05) is 17.1 Å². The largest absolute Gasteiger partial charge is 0.384 e. The van der Waals surface area contributed by atoms with Gasteiger partial charge in [0.05, 0.1) is 30.0 Å². The molecule has 0 radical (unpaired) electrons. The first-order valence-electron chi connectivity index (χ1n) is 7.30. The first-order chi connectivity index (χ1) is 12.8. The molecule has 28 heavy (non-hydrogen) atoms. The van der Waals surface area contributed by atoms with Crippen LogP contribution in [-0.4, -0.2) is 53.4 Å². The van der Waals surface area contributed by atoms with Crippen molar-refractivity contribution >= 4 is 54.1 Å². The lowest BCUT2D eigenvalue weighted by Crippen LogP contribution is -2.02. The fraction of sp³-hybridized carbons (Fsp3) is 0.214. The fourth-order valence-electron chi connectivity index (χ4n) is 1.69. The van der Waals surface area contributed by atoms with E-state index in [1.165, 1.54) is 11.2 Å². The molecule has 0 unspecified atom stereocenters. The molecule has 0 saturated carbocycles. The molecule has 154 valence electrons. The number of nitrogens with two attached hydrogens (primary N) is 1. The van der Waals surface area contributed by atoms with Crippen LogP contribution in [0.3, 0.4) is 0 Å². The summed E-state index contributed by atoms with van der Waals surface area (Å²) in [6, 6.07) is 5.85. The zero-order valence-corrected chi connectivity index (χ0v) is 17.3. The Morgan fingerprint density at radius 3 is 2.25 bits per heavy atom. The van der Waals surface area contributed by atoms with Crippen molar-refractivity contribution in [3.8, 4) is 0 Å². The molecular weight excluding hydrogens is 430 g/mol. The lowest BCUT2D eigenvalue weighted by Gasteiger charge is -2.06. The van der Waals surface area contributed by atoms with Crippen LogP contribution in [0, 0.1) is 0 Å². The van der Waals surface area contributed by atoms with Crippen LogP contribution >= 0.6 is 11.3 Å². The van der Waals surface area contributed by atoms with Crippen LogP contribution in [0.2, 0.25) is 0 Å². The molecule has 0 atom stereocenters. The molecule has 0 bridgehead atoms. The third kappa shape index (κ3) is 11.3. The van der Waals surface area contributed by atoms with Crippen molar-refractivity contribution < 1.29 is 25.9 Å². The van der Waals surface area contributed by atoms with Crippen LogP contribution in [-0.2, 0) is 26.8 Å². The van der Waals surface area contributed by atoms with Gasteiger partial charge in [-0.2, -0.15) is 16.8 Å². The number of nitrogen functional groups attached to an aromatic ring is 1. The summed E-state index contributed by atoms with van der Waals surface area (Å²) < 4.78 is 51.7. The summed E-state index contributed by atoms with van der Waals surface area (Å²) in [5.41, 5.74) is 6.43. The van der Waals surface area contributed by atoms with Crippen molar-refractivity contribution in [1.82, 2.24) is 15.0 Å². The van der Waals surface area contributed by atoms with Gasteiger partial charge in [0.1, 0.15) is 18.0 Å². The highest BCUT2D eigenvalue weighted by molar-refractivity contribution is 7.85. The zero-order valence-electron chi connectivity index (χ0n) is 14.8. The average molecular weight is 450 g/mol. The molecule has 3 aromatic rings. The number of anilines is 2. The van der Waals surface area contributed by atoms with E-state index in [1.807, 2.05) is 6.07 Å². The molecule has 0 aliphatic rings. The maximum absolute atomic E-state index is 9.19. The van der Waals surface area contributed by atoms with Crippen LogP contribution in [0.15, 0.2) is 36.1 Å². The predicted molar refractivity (Wildman–Crippen MR) is 108 cm³/mol. The summed E-state index contributed by atoms with van der Waals surface area (Å²) in [5, 5.41) is 6.22. The zero-order chi connectivity index (χ0) is 21.4. The lowest BCUT2D eigenvalue weighted by molar-refractivity contribution is 0.488. The van der Waals surface area contributed by atoms with E-state index in [9.17, 15) is 16.8 Å². The molecular formula is C14H19N5O6S3. The number of nitrogens with one attached hydrogen (secondary N) is 1. The van der Waals surface area contributed by atoms with Gasteiger partial charge in [-0.3, -0.25) is 9.11 Å². The summed E-state index contributed by atoms with van der Waals surface area (Å²) in [6.07, 6.45) is 4.65. The van der Waals surface area contributed by atoms with Crippen LogP contribution < -0.4 is 11.1 Å². The molecule has 3 rings (SSSR count). The Bertz CT molecular complexity index is 1060. The highest BCUT2D eigenvalue weighted by atomic mass is 32.2. The molecule has 3 heterocycles. The standard InChI is InChI=1S/C12H11N5S.2CH4O3S/c13-11-4-10-9(6-14-11)12(17-7-16-10)15-5-8-2-1-3-18-8;2*1-5(2,3)4/h1-4,6-7H,5H2,(H2,13,14)(H,15,16,17);2*1H3,(H,2,3,4). The molecule has 0 saturated heterocycles. The van der Waals surface area contributed by atoms with Gasteiger partial charge < -0.3 is 11.1 Å². The third-order valence-corrected chi connectivity index (χ3v) is 3.43. The number of fused-ring (bicyclic) bond motifs is 1. The fourth-order valence-corrected chi connectivity index (χ4v) is 2.34. The van der Waals surface area contributed by atoms with Crippen molar-refractivity contribution in [2.24, 2.45) is 0 Å². The number of hydrogen-bond acceptors (Lipinski definition) is 10. The monoisotopic (exact) mass is 449 g/mol. The number of aromatic nitrogens is 3. The molecule has 11 nitrogen and oxygen atoms in total. The van der Waals surface area contributed by atoms with E-state index >= 15 is 0 Å². The van der Waals surface area contributed by atoms with Crippen LogP contribution in [0.5, 0.6) is 0 Å². The molecule has 3 aromatic heterocycles. The van der Waals surface area contributed by atoms with Gasteiger partial charge >= 0.3 is 0 Å². The minimum atomic E-state index is -3.67. The number of rotatable bonds is 3. The number of hydrogen-bond donors (Lipinski definition) is 4.